The lowest BCUT2D eigenvalue weighted by Crippen LogP contribution is -2.62. The lowest BCUT2D eigenvalue weighted by atomic mass is 9.83. The minimum Gasteiger partial charge on any atom is -0.329 e. The average molecular weight is 288 g/mol. The van der Waals surface area contributed by atoms with E-state index in [-0.39, 0.29) is 11.3 Å². The first-order chi connectivity index (χ1) is 8.88. The van der Waals surface area contributed by atoms with Crippen LogP contribution >= 0.6 is 0 Å². The third-order valence-electron chi connectivity index (χ3n) is 5.17. The van der Waals surface area contributed by atoms with E-state index in [1.807, 2.05) is 0 Å². The number of sulfone groups is 1. The molecule has 2 rings (SSSR count). The molecule has 0 bridgehead atoms. The lowest BCUT2D eigenvalue weighted by molar-refractivity contribution is 0.0523. The summed E-state index contributed by atoms with van der Waals surface area (Å²) >= 11 is 0. The van der Waals surface area contributed by atoms with Crippen LogP contribution in [-0.4, -0.2) is 50.0 Å². The highest BCUT2D eigenvalue weighted by atomic mass is 32.2. The van der Waals surface area contributed by atoms with Gasteiger partial charge in [-0.15, -0.1) is 0 Å². The molecule has 19 heavy (non-hydrogen) atoms. The van der Waals surface area contributed by atoms with Crippen LogP contribution in [0.15, 0.2) is 0 Å². The maximum absolute atomic E-state index is 12.0. The molecule has 4 nitrogen and oxygen atoms in total. The Kier molecular flexibility index (Phi) is 4.58. The van der Waals surface area contributed by atoms with Gasteiger partial charge < -0.3 is 5.73 Å². The van der Waals surface area contributed by atoms with Gasteiger partial charge in [0.2, 0.25) is 0 Å². The molecule has 1 aliphatic carbocycles. The Morgan fingerprint density at radius 2 is 2.05 bits per heavy atom. The molecule has 1 saturated carbocycles. The second-order valence-corrected chi connectivity index (χ2v) is 8.84. The van der Waals surface area contributed by atoms with Gasteiger partial charge in [0.15, 0.2) is 9.84 Å². The largest absolute Gasteiger partial charge is 0.329 e. The van der Waals surface area contributed by atoms with Crippen molar-refractivity contribution in [2.24, 2.45) is 11.7 Å². The summed E-state index contributed by atoms with van der Waals surface area (Å²) in [6.45, 7) is 2.75. The molecule has 5 heteroatoms. The molecule has 1 saturated heterocycles. The van der Waals surface area contributed by atoms with Crippen molar-refractivity contribution in [1.82, 2.24) is 4.90 Å². The molecule has 0 aromatic heterocycles. The van der Waals surface area contributed by atoms with Gasteiger partial charge in [-0.2, -0.15) is 0 Å². The van der Waals surface area contributed by atoms with Crippen molar-refractivity contribution in [2.45, 2.75) is 57.0 Å². The van der Waals surface area contributed by atoms with Crippen LogP contribution in [-0.2, 0) is 9.84 Å². The molecule has 0 aromatic rings. The first kappa shape index (κ1) is 15.3. The van der Waals surface area contributed by atoms with Crippen LogP contribution < -0.4 is 5.73 Å². The van der Waals surface area contributed by atoms with Gasteiger partial charge in [0.1, 0.15) is 0 Å². The first-order valence-corrected chi connectivity index (χ1v) is 9.34. The summed E-state index contributed by atoms with van der Waals surface area (Å²) in [6.07, 6.45) is 6.60. The van der Waals surface area contributed by atoms with Crippen LogP contribution in [0, 0.1) is 5.92 Å². The van der Waals surface area contributed by atoms with Gasteiger partial charge in [-0.25, -0.2) is 8.42 Å². The fourth-order valence-electron chi connectivity index (χ4n) is 3.90. The summed E-state index contributed by atoms with van der Waals surface area (Å²) in [5.74, 6) is 1.33. The molecule has 112 valence electrons. The molecular formula is C14H28N2O2S. The van der Waals surface area contributed by atoms with Crippen molar-refractivity contribution in [3.8, 4) is 0 Å². The zero-order chi connectivity index (χ0) is 14.1. The Bertz CT molecular complexity index is 410. The molecule has 3 atom stereocenters. The van der Waals surface area contributed by atoms with E-state index in [2.05, 4.69) is 18.9 Å². The van der Waals surface area contributed by atoms with Crippen molar-refractivity contribution in [2.75, 3.05) is 25.1 Å². The molecule has 2 fully saturated rings. The van der Waals surface area contributed by atoms with E-state index in [1.165, 1.54) is 25.7 Å². The van der Waals surface area contributed by atoms with Crippen molar-refractivity contribution < 1.29 is 8.42 Å². The molecule has 2 aliphatic rings. The second-order valence-electron chi connectivity index (χ2n) is 6.66. The molecule has 0 aromatic carbocycles. The summed E-state index contributed by atoms with van der Waals surface area (Å²) < 4.78 is 24.0. The average Bonchev–Trinajstić information content (AvgIpc) is 2.36. The van der Waals surface area contributed by atoms with Gasteiger partial charge in [-0.1, -0.05) is 19.8 Å². The van der Waals surface area contributed by atoms with Crippen molar-refractivity contribution in [3.05, 3.63) is 0 Å². The van der Waals surface area contributed by atoms with Crippen LogP contribution in [0.1, 0.15) is 45.4 Å². The number of rotatable bonds is 3. The SMILES string of the molecule is CC1CCCC(N(C)C2(CN)CCCS(=O)(=O)C2)C1. The highest BCUT2D eigenvalue weighted by Gasteiger charge is 2.43. The van der Waals surface area contributed by atoms with E-state index >= 15 is 0 Å². The highest BCUT2D eigenvalue weighted by Crippen LogP contribution is 2.34. The highest BCUT2D eigenvalue weighted by molar-refractivity contribution is 7.91. The minimum absolute atomic E-state index is 0.248. The van der Waals surface area contributed by atoms with Gasteiger partial charge in [0.05, 0.1) is 11.5 Å². The monoisotopic (exact) mass is 288 g/mol. The molecule has 1 heterocycles. The van der Waals surface area contributed by atoms with E-state index in [0.717, 1.165) is 18.8 Å². The molecular weight excluding hydrogens is 260 g/mol. The van der Waals surface area contributed by atoms with Crippen molar-refractivity contribution in [1.29, 1.82) is 0 Å². The summed E-state index contributed by atoms with van der Waals surface area (Å²) in [5.41, 5.74) is 5.67. The Morgan fingerprint density at radius 1 is 1.32 bits per heavy atom. The summed E-state index contributed by atoms with van der Waals surface area (Å²) in [7, 11) is -0.828. The Morgan fingerprint density at radius 3 is 2.63 bits per heavy atom. The van der Waals surface area contributed by atoms with Crippen LogP contribution in [0.2, 0.25) is 0 Å². The van der Waals surface area contributed by atoms with Gasteiger partial charge in [-0.3, -0.25) is 4.90 Å². The standard InChI is InChI=1S/C14H28N2O2S/c1-12-5-3-6-13(9-12)16(2)14(10-15)7-4-8-19(17,18)11-14/h12-13H,3-11,15H2,1-2H3. The predicted octanol–water partition coefficient (Wildman–Crippen LogP) is 1.40. The molecule has 0 radical (unpaired) electrons. The van der Waals surface area contributed by atoms with Gasteiger partial charge >= 0.3 is 0 Å². The summed E-state index contributed by atoms with van der Waals surface area (Å²) in [4.78, 5) is 2.32. The van der Waals surface area contributed by atoms with Gasteiger partial charge in [0, 0.05) is 18.1 Å². The fraction of sp³-hybridized carbons (Fsp3) is 1.00. The van der Waals surface area contributed by atoms with E-state index in [1.54, 1.807) is 0 Å². The smallest absolute Gasteiger partial charge is 0.152 e. The third-order valence-corrected chi connectivity index (χ3v) is 7.06. The second kappa shape index (κ2) is 5.70. The predicted molar refractivity (Wildman–Crippen MR) is 78.9 cm³/mol. The van der Waals surface area contributed by atoms with E-state index < -0.39 is 9.84 Å². The van der Waals surface area contributed by atoms with Gasteiger partial charge in [-0.05, 0) is 38.6 Å². The number of nitrogens with two attached hydrogens (primary N) is 1. The Labute approximate surface area is 117 Å². The number of likely N-dealkylation sites (N-methyl/N-ethyl adjacent to an activating group) is 1. The van der Waals surface area contributed by atoms with Crippen LogP contribution in [0.4, 0.5) is 0 Å². The lowest BCUT2D eigenvalue weighted by Gasteiger charge is -2.48. The Hall–Kier alpha value is -0.130. The zero-order valence-corrected chi connectivity index (χ0v) is 13.1. The quantitative estimate of drug-likeness (QED) is 0.853. The first-order valence-electron chi connectivity index (χ1n) is 7.52. The van der Waals surface area contributed by atoms with Gasteiger partial charge in [0.25, 0.3) is 0 Å². The van der Waals surface area contributed by atoms with Crippen LogP contribution in [0.3, 0.4) is 0 Å². The maximum atomic E-state index is 12.0. The fourth-order valence-corrected chi connectivity index (χ4v) is 5.91. The minimum atomic E-state index is -2.92. The summed E-state index contributed by atoms with van der Waals surface area (Å²) in [5, 5.41) is 0. The Balaban J connectivity index is 2.15. The topological polar surface area (TPSA) is 63.4 Å². The number of nitrogens with zero attached hydrogens (tertiary/aromatic N) is 1. The van der Waals surface area contributed by atoms with E-state index in [9.17, 15) is 8.42 Å². The van der Waals surface area contributed by atoms with E-state index in [0.29, 0.717) is 18.3 Å². The van der Waals surface area contributed by atoms with Crippen molar-refractivity contribution in [3.63, 3.8) is 0 Å². The molecule has 2 N–H and O–H groups in total. The zero-order valence-electron chi connectivity index (χ0n) is 12.3. The molecule has 0 amide bonds. The maximum Gasteiger partial charge on any atom is 0.152 e. The number of hydrogen-bond donors (Lipinski definition) is 1. The van der Waals surface area contributed by atoms with Crippen molar-refractivity contribution >= 4 is 9.84 Å². The number of hydrogen-bond acceptors (Lipinski definition) is 4. The summed E-state index contributed by atoms with van der Waals surface area (Å²) in [6, 6.07) is 0.501. The van der Waals surface area contributed by atoms with E-state index in [4.69, 9.17) is 5.73 Å². The molecule has 3 unspecified atom stereocenters. The third kappa shape index (κ3) is 3.31. The van der Waals surface area contributed by atoms with Crippen LogP contribution in [0.25, 0.3) is 0 Å². The molecule has 0 spiro atoms. The van der Waals surface area contributed by atoms with Crippen LogP contribution in [0.5, 0.6) is 0 Å². The molecule has 1 aliphatic heterocycles. The normalized spacial score (nSPS) is 39.4.